The number of sulfonamides is 1. The van der Waals surface area contributed by atoms with Crippen LogP contribution in [0, 0.1) is 12.7 Å². The maximum atomic E-state index is 14.0. The zero-order chi connectivity index (χ0) is 20.7. The molecule has 2 aromatic rings. The number of carbonyl (C=O) groups excluding carboxylic acids is 1. The van der Waals surface area contributed by atoms with E-state index < -0.39 is 26.8 Å². The molecule has 0 fully saturated rings. The molecule has 5 nitrogen and oxygen atoms in total. The third kappa shape index (κ3) is 5.80. The quantitative estimate of drug-likeness (QED) is 0.671. The Bertz CT molecular complexity index is 919. The van der Waals surface area contributed by atoms with Crippen LogP contribution in [0.1, 0.15) is 17.5 Å². The zero-order valence-electron chi connectivity index (χ0n) is 16.2. The standard InChI is InChI=1S/C20H25FN2O3S2/c1-15-8-4-5-9-16(15)14-23(2)20(24)18(12-13-27-3)22-28(25,26)19-11-7-6-10-17(19)21/h4-11,18,22H,12-14H2,1-3H3. The fourth-order valence-electron chi connectivity index (χ4n) is 2.77. The molecule has 0 aromatic heterocycles. The van der Waals surface area contributed by atoms with Crippen LogP contribution in [0.25, 0.3) is 0 Å². The topological polar surface area (TPSA) is 66.5 Å². The smallest absolute Gasteiger partial charge is 0.244 e. The van der Waals surface area contributed by atoms with E-state index in [-0.39, 0.29) is 5.91 Å². The lowest BCUT2D eigenvalue weighted by atomic mass is 10.1. The van der Waals surface area contributed by atoms with Crippen LogP contribution < -0.4 is 4.72 Å². The van der Waals surface area contributed by atoms with E-state index in [1.807, 2.05) is 37.4 Å². The van der Waals surface area contributed by atoms with Gasteiger partial charge >= 0.3 is 0 Å². The molecule has 0 heterocycles. The van der Waals surface area contributed by atoms with Gasteiger partial charge in [-0.2, -0.15) is 16.5 Å². The summed E-state index contributed by atoms with van der Waals surface area (Å²) in [5.41, 5.74) is 2.04. The molecule has 152 valence electrons. The van der Waals surface area contributed by atoms with Crippen molar-refractivity contribution in [3.63, 3.8) is 0 Å². The molecule has 0 aliphatic heterocycles. The van der Waals surface area contributed by atoms with Crippen LogP contribution in [0.15, 0.2) is 53.4 Å². The highest BCUT2D eigenvalue weighted by Gasteiger charge is 2.29. The molecule has 0 spiro atoms. The van der Waals surface area contributed by atoms with Crippen molar-refractivity contribution in [3.8, 4) is 0 Å². The van der Waals surface area contributed by atoms with Crippen molar-refractivity contribution >= 4 is 27.7 Å². The molecule has 0 aliphatic rings. The number of hydrogen-bond donors (Lipinski definition) is 1. The third-order valence-electron chi connectivity index (χ3n) is 4.38. The normalized spacial score (nSPS) is 12.6. The predicted octanol–water partition coefficient (Wildman–Crippen LogP) is 3.19. The number of benzene rings is 2. The first kappa shape index (κ1) is 22.4. The fraction of sp³-hybridized carbons (Fsp3) is 0.350. The zero-order valence-corrected chi connectivity index (χ0v) is 17.8. The van der Waals surface area contributed by atoms with Gasteiger partial charge in [0.15, 0.2) is 0 Å². The summed E-state index contributed by atoms with van der Waals surface area (Å²) in [7, 11) is -2.52. The Hall–Kier alpha value is -1.90. The molecular formula is C20H25FN2O3S2. The lowest BCUT2D eigenvalue weighted by Crippen LogP contribution is -2.47. The molecule has 0 bridgehead atoms. The summed E-state index contributed by atoms with van der Waals surface area (Å²) in [6.45, 7) is 2.32. The summed E-state index contributed by atoms with van der Waals surface area (Å²) >= 11 is 1.51. The van der Waals surface area contributed by atoms with Gasteiger partial charge in [-0.3, -0.25) is 4.79 Å². The molecule has 1 amide bonds. The Morgan fingerprint density at radius 2 is 1.82 bits per heavy atom. The van der Waals surface area contributed by atoms with Crippen molar-refractivity contribution in [1.82, 2.24) is 9.62 Å². The largest absolute Gasteiger partial charge is 0.340 e. The number of amides is 1. The van der Waals surface area contributed by atoms with Gasteiger partial charge in [-0.25, -0.2) is 12.8 Å². The van der Waals surface area contributed by atoms with E-state index in [1.165, 1.54) is 34.9 Å². The van der Waals surface area contributed by atoms with E-state index in [0.717, 1.165) is 17.2 Å². The fourth-order valence-corrected chi connectivity index (χ4v) is 4.54. The van der Waals surface area contributed by atoms with Crippen LogP contribution in [0.5, 0.6) is 0 Å². The molecule has 0 aliphatic carbocycles. The molecule has 28 heavy (non-hydrogen) atoms. The van der Waals surface area contributed by atoms with Gasteiger partial charge in [0.25, 0.3) is 0 Å². The van der Waals surface area contributed by atoms with E-state index in [2.05, 4.69) is 4.72 Å². The summed E-state index contributed by atoms with van der Waals surface area (Å²) in [4.78, 5) is 14.0. The summed E-state index contributed by atoms with van der Waals surface area (Å²) < 4.78 is 41.6. The summed E-state index contributed by atoms with van der Waals surface area (Å²) in [6.07, 6.45) is 2.19. The van der Waals surface area contributed by atoms with Gasteiger partial charge in [-0.15, -0.1) is 0 Å². The van der Waals surface area contributed by atoms with Gasteiger partial charge in [0.05, 0.1) is 0 Å². The Kier molecular flexibility index (Phi) is 8.03. The van der Waals surface area contributed by atoms with E-state index in [4.69, 9.17) is 0 Å². The van der Waals surface area contributed by atoms with Crippen LogP contribution in [-0.2, 0) is 21.4 Å². The van der Waals surface area contributed by atoms with Crippen molar-refractivity contribution in [1.29, 1.82) is 0 Å². The molecule has 1 unspecified atom stereocenters. The average molecular weight is 425 g/mol. The Morgan fingerprint density at radius 1 is 1.18 bits per heavy atom. The van der Waals surface area contributed by atoms with Crippen molar-refractivity contribution in [2.75, 3.05) is 19.1 Å². The maximum Gasteiger partial charge on any atom is 0.244 e. The number of halogens is 1. The molecule has 1 N–H and O–H groups in total. The van der Waals surface area contributed by atoms with E-state index >= 15 is 0 Å². The molecular weight excluding hydrogens is 399 g/mol. The molecule has 0 radical (unpaired) electrons. The Balaban J connectivity index is 2.21. The minimum absolute atomic E-state index is 0.311. The van der Waals surface area contributed by atoms with E-state index in [9.17, 15) is 17.6 Å². The first-order valence-electron chi connectivity index (χ1n) is 8.81. The Labute approximate surface area is 170 Å². The van der Waals surface area contributed by atoms with Crippen LogP contribution >= 0.6 is 11.8 Å². The van der Waals surface area contributed by atoms with Crippen molar-refractivity contribution in [2.24, 2.45) is 0 Å². The number of thioether (sulfide) groups is 1. The highest BCUT2D eigenvalue weighted by Crippen LogP contribution is 2.16. The monoisotopic (exact) mass is 424 g/mol. The third-order valence-corrected chi connectivity index (χ3v) is 6.53. The molecule has 0 saturated heterocycles. The van der Waals surface area contributed by atoms with Gasteiger partial charge in [0.2, 0.25) is 15.9 Å². The first-order chi connectivity index (χ1) is 13.3. The molecule has 2 rings (SSSR count). The number of likely N-dealkylation sites (N-methyl/N-ethyl adjacent to an activating group) is 1. The number of nitrogens with zero attached hydrogens (tertiary/aromatic N) is 1. The van der Waals surface area contributed by atoms with E-state index in [1.54, 1.807) is 7.05 Å². The number of rotatable bonds is 9. The molecule has 8 heteroatoms. The molecule has 1 atom stereocenters. The molecule has 2 aromatic carbocycles. The van der Waals surface area contributed by atoms with E-state index in [0.29, 0.717) is 18.7 Å². The van der Waals surface area contributed by atoms with Crippen molar-refractivity contribution in [3.05, 3.63) is 65.5 Å². The van der Waals surface area contributed by atoms with Gasteiger partial charge in [-0.05, 0) is 48.6 Å². The number of aryl methyl sites for hydroxylation is 1. The van der Waals surface area contributed by atoms with Crippen LogP contribution in [0.3, 0.4) is 0 Å². The average Bonchev–Trinajstić information content (AvgIpc) is 2.66. The van der Waals surface area contributed by atoms with Gasteiger partial charge in [0.1, 0.15) is 16.8 Å². The minimum Gasteiger partial charge on any atom is -0.340 e. The highest BCUT2D eigenvalue weighted by atomic mass is 32.2. The second-order valence-corrected chi connectivity index (χ2v) is 9.17. The first-order valence-corrected chi connectivity index (χ1v) is 11.7. The predicted molar refractivity (Wildman–Crippen MR) is 111 cm³/mol. The van der Waals surface area contributed by atoms with Crippen LogP contribution in [0.2, 0.25) is 0 Å². The second kappa shape index (κ2) is 10.0. The summed E-state index contributed by atoms with van der Waals surface area (Å²) in [5, 5.41) is 0. The number of hydrogen-bond acceptors (Lipinski definition) is 4. The maximum absolute atomic E-state index is 14.0. The van der Waals surface area contributed by atoms with Crippen molar-refractivity contribution in [2.45, 2.75) is 30.8 Å². The van der Waals surface area contributed by atoms with Gasteiger partial charge in [0, 0.05) is 13.6 Å². The highest BCUT2D eigenvalue weighted by molar-refractivity contribution is 7.98. The second-order valence-electron chi connectivity index (χ2n) is 6.51. The minimum atomic E-state index is -4.16. The lowest BCUT2D eigenvalue weighted by molar-refractivity contribution is -0.132. The summed E-state index contributed by atoms with van der Waals surface area (Å²) in [5.74, 6) is -0.606. The lowest BCUT2D eigenvalue weighted by Gasteiger charge is -2.25. The van der Waals surface area contributed by atoms with Crippen LogP contribution in [-0.4, -0.2) is 44.3 Å². The number of carbonyl (C=O) groups is 1. The van der Waals surface area contributed by atoms with Crippen LogP contribution in [0.4, 0.5) is 4.39 Å². The van der Waals surface area contributed by atoms with Crippen molar-refractivity contribution < 1.29 is 17.6 Å². The van der Waals surface area contributed by atoms with Gasteiger partial charge < -0.3 is 4.90 Å². The molecule has 0 saturated carbocycles. The van der Waals surface area contributed by atoms with Gasteiger partial charge in [-0.1, -0.05) is 36.4 Å². The number of nitrogens with one attached hydrogen (secondary N) is 1. The SMILES string of the molecule is CSCCC(NS(=O)(=O)c1ccccc1F)C(=O)N(C)Cc1ccccc1C. The summed E-state index contributed by atoms with van der Waals surface area (Å²) in [6, 6.07) is 11.9. The Morgan fingerprint density at radius 3 is 2.46 bits per heavy atom.